The Kier molecular flexibility index (Phi) is 6.56. The summed E-state index contributed by atoms with van der Waals surface area (Å²) in [5, 5.41) is 3.14. The van der Waals surface area contributed by atoms with Crippen molar-refractivity contribution in [2.45, 2.75) is 58.9 Å². The fourth-order valence-electron chi connectivity index (χ4n) is 2.39. The minimum absolute atomic E-state index is 0.183. The van der Waals surface area contributed by atoms with Gasteiger partial charge in [0.05, 0.1) is 0 Å². The lowest BCUT2D eigenvalue weighted by atomic mass is 10.00. The van der Waals surface area contributed by atoms with E-state index in [-0.39, 0.29) is 5.91 Å². The van der Waals surface area contributed by atoms with E-state index in [1.165, 1.54) is 32.4 Å². The van der Waals surface area contributed by atoms with E-state index in [9.17, 15) is 4.79 Å². The molecule has 1 fully saturated rings. The predicted molar refractivity (Wildman–Crippen MR) is 72.0 cm³/mol. The molecule has 100 valence electrons. The molecule has 0 saturated carbocycles. The Morgan fingerprint density at radius 2 is 1.88 bits per heavy atom. The zero-order valence-electron chi connectivity index (χ0n) is 11.7. The lowest BCUT2D eigenvalue weighted by Gasteiger charge is -2.29. The van der Waals surface area contributed by atoms with Gasteiger partial charge in [-0.2, -0.15) is 0 Å². The smallest absolute Gasteiger partial charge is 0.219 e. The first-order valence-electron chi connectivity index (χ1n) is 7.15. The lowest BCUT2D eigenvalue weighted by molar-refractivity contribution is -0.121. The van der Waals surface area contributed by atoms with E-state index >= 15 is 0 Å². The van der Waals surface area contributed by atoms with Crippen LogP contribution in [-0.2, 0) is 4.79 Å². The minimum Gasteiger partial charge on any atom is -0.353 e. The van der Waals surface area contributed by atoms with Crippen molar-refractivity contribution < 1.29 is 4.79 Å². The van der Waals surface area contributed by atoms with Gasteiger partial charge in [-0.15, -0.1) is 0 Å². The lowest BCUT2D eigenvalue weighted by Crippen LogP contribution is -2.41. The monoisotopic (exact) mass is 240 g/mol. The van der Waals surface area contributed by atoms with Crippen LogP contribution in [0.3, 0.4) is 0 Å². The largest absolute Gasteiger partial charge is 0.353 e. The molecule has 1 aliphatic heterocycles. The molecular formula is C14H28N2O. The number of amides is 1. The molecule has 1 aliphatic rings. The van der Waals surface area contributed by atoms with Crippen LogP contribution in [0.2, 0.25) is 0 Å². The number of nitrogens with zero attached hydrogens (tertiary/aromatic N) is 1. The fourth-order valence-corrected chi connectivity index (χ4v) is 2.39. The number of likely N-dealkylation sites (tertiary alicyclic amines) is 1. The third kappa shape index (κ3) is 5.53. The first-order chi connectivity index (χ1) is 8.13. The Labute approximate surface area is 106 Å². The van der Waals surface area contributed by atoms with Gasteiger partial charge >= 0.3 is 0 Å². The van der Waals surface area contributed by atoms with Gasteiger partial charge in [0.1, 0.15) is 0 Å². The minimum atomic E-state index is 0.183. The maximum Gasteiger partial charge on any atom is 0.219 e. The second-order valence-corrected chi connectivity index (χ2v) is 5.46. The van der Waals surface area contributed by atoms with Crippen molar-refractivity contribution >= 4 is 5.91 Å². The Bertz CT molecular complexity index is 222. The Morgan fingerprint density at radius 3 is 2.41 bits per heavy atom. The number of hydrogen-bond donors (Lipinski definition) is 1. The predicted octanol–water partition coefficient (Wildman–Crippen LogP) is 2.41. The number of nitrogens with one attached hydrogen (secondary N) is 1. The molecule has 0 aromatic carbocycles. The molecule has 0 bridgehead atoms. The van der Waals surface area contributed by atoms with Gasteiger partial charge < -0.3 is 10.2 Å². The molecule has 1 N–H and O–H groups in total. The first-order valence-corrected chi connectivity index (χ1v) is 7.15. The van der Waals surface area contributed by atoms with E-state index < -0.39 is 0 Å². The molecule has 0 aromatic rings. The van der Waals surface area contributed by atoms with Crippen LogP contribution in [0, 0.1) is 5.92 Å². The molecule has 0 spiro atoms. The molecule has 1 rings (SSSR count). The maximum absolute atomic E-state index is 11.5. The summed E-state index contributed by atoms with van der Waals surface area (Å²) in [6, 6.07) is 0.337. The number of hydrogen-bond acceptors (Lipinski definition) is 2. The highest BCUT2D eigenvalue weighted by molar-refractivity contribution is 5.75. The van der Waals surface area contributed by atoms with Gasteiger partial charge in [-0.1, -0.05) is 27.2 Å². The number of piperidine rings is 1. The molecule has 1 saturated heterocycles. The SMILES string of the molecule is CCC(=O)NC(CCN1CCCCC1)C(C)C. The van der Waals surface area contributed by atoms with Crippen LogP contribution in [0.25, 0.3) is 0 Å². The van der Waals surface area contributed by atoms with Gasteiger partial charge in [-0.05, 0) is 38.3 Å². The molecule has 0 radical (unpaired) electrons. The van der Waals surface area contributed by atoms with Gasteiger partial charge in [0.15, 0.2) is 0 Å². The molecule has 1 amide bonds. The second-order valence-electron chi connectivity index (χ2n) is 5.46. The van der Waals surface area contributed by atoms with Crippen molar-refractivity contribution in [1.82, 2.24) is 10.2 Å². The molecule has 3 heteroatoms. The maximum atomic E-state index is 11.5. The summed E-state index contributed by atoms with van der Waals surface area (Å²) in [4.78, 5) is 14.0. The Hall–Kier alpha value is -0.570. The van der Waals surface area contributed by atoms with Crippen LogP contribution in [0.15, 0.2) is 0 Å². The molecule has 0 aromatic heterocycles. The Balaban J connectivity index is 2.30. The molecule has 3 nitrogen and oxygen atoms in total. The van der Waals surface area contributed by atoms with Crippen molar-refractivity contribution in [3.05, 3.63) is 0 Å². The number of carbonyl (C=O) groups excluding carboxylic acids is 1. The van der Waals surface area contributed by atoms with E-state index in [0.717, 1.165) is 13.0 Å². The number of carbonyl (C=O) groups is 1. The highest BCUT2D eigenvalue weighted by Gasteiger charge is 2.17. The summed E-state index contributed by atoms with van der Waals surface area (Å²) in [6.07, 6.45) is 5.74. The van der Waals surface area contributed by atoms with Crippen LogP contribution in [0.5, 0.6) is 0 Å². The summed E-state index contributed by atoms with van der Waals surface area (Å²) >= 11 is 0. The fraction of sp³-hybridized carbons (Fsp3) is 0.929. The van der Waals surface area contributed by atoms with Crippen molar-refractivity contribution in [2.24, 2.45) is 5.92 Å². The topological polar surface area (TPSA) is 32.3 Å². The van der Waals surface area contributed by atoms with Gasteiger partial charge in [-0.3, -0.25) is 4.79 Å². The molecular weight excluding hydrogens is 212 g/mol. The number of rotatable bonds is 6. The van der Waals surface area contributed by atoms with Gasteiger partial charge in [0.2, 0.25) is 5.91 Å². The third-order valence-electron chi connectivity index (χ3n) is 3.68. The first kappa shape index (κ1) is 14.5. The third-order valence-corrected chi connectivity index (χ3v) is 3.68. The summed E-state index contributed by atoms with van der Waals surface area (Å²) in [5.74, 6) is 0.706. The highest BCUT2D eigenvalue weighted by Crippen LogP contribution is 2.12. The average Bonchev–Trinajstić information content (AvgIpc) is 2.35. The zero-order chi connectivity index (χ0) is 12.7. The van der Waals surface area contributed by atoms with Gasteiger partial charge in [-0.25, -0.2) is 0 Å². The summed E-state index contributed by atoms with van der Waals surface area (Å²) in [5.41, 5.74) is 0. The molecule has 1 unspecified atom stereocenters. The van der Waals surface area contributed by atoms with Crippen molar-refractivity contribution in [2.75, 3.05) is 19.6 Å². The summed E-state index contributed by atoms with van der Waals surface area (Å²) in [6.45, 7) is 9.91. The molecule has 1 atom stereocenters. The molecule has 0 aliphatic carbocycles. The normalized spacial score (nSPS) is 19.3. The standard InChI is InChI=1S/C14H28N2O/c1-4-14(17)15-13(12(2)3)8-11-16-9-6-5-7-10-16/h12-13H,4-11H2,1-3H3,(H,15,17). The van der Waals surface area contributed by atoms with Crippen LogP contribution in [0.1, 0.15) is 52.9 Å². The van der Waals surface area contributed by atoms with Crippen LogP contribution in [-0.4, -0.2) is 36.5 Å². The van der Waals surface area contributed by atoms with E-state index in [0.29, 0.717) is 18.4 Å². The van der Waals surface area contributed by atoms with Crippen molar-refractivity contribution in [1.29, 1.82) is 0 Å². The summed E-state index contributed by atoms with van der Waals surface area (Å²) in [7, 11) is 0. The van der Waals surface area contributed by atoms with E-state index in [1.807, 2.05) is 6.92 Å². The van der Waals surface area contributed by atoms with E-state index in [2.05, 4.69) is 24.1 Å². The average molecular weight is 240 g/mol. The zero-order valence-corrected chi connectivity index (χ0v) is 11.7. The van der Waals surface area contributed by atoms with E-state index in [1.54, 1.807) is 0 Å². The summed E-state index contributed by atoms with van der Waals surface area (Å²) < 4.78 is 0. The quantitative estimate of drug-likeness (QED) is 0.773. The van der Waals surface area contributed by atoms with E-state index in [4.69, 9.17) is 0 Å². The van der Waals surface area contributed by atoms with Gasteiger partial charge in [0.25, 0.3) is 0 Å². The van der Waals surface area contributed by atoms with Crippen LogP contribution in [0.4, 0.5) is 0 Å². The highest BCUT2D eigenvalue weighted by atomic mass is 16.1. The van der Waals surface area contributed by atoms with Crippen LogP contribution >= 0.6 is 0 Å². The van der Waals surface area contributed by atoms with Crippen LogP contribution < -0.4 is 5.32 Å². The molecule has 1 heterocycles. The second kappa shape index (κ2) is 7.70. The molecule has 17 heavy (non-hydrogen) atoms. The van der Waals surface area contributed by atoms with Crippen molar-refractivity contribution in [3.63, 3.8) is 0 Å². The Morgan fingerprint density at radius 1 is 1.24 bits per heavy atom. The van der Waals surface area contributed by atoms with Gasteiger partial charge in [0, 0.05) is 19.0 Å². The van der Waals surface area contributed by atoms with Crippen molar-refractivity contribution in [3.8, 4) is 0 Å².